The molecule has 0 bridgehead atoms. The molecule has 0 fully saturated rings. The van der Waals surface area contributed by atoms with Gasteiger partial charge in [-0.2, -0.15) is 0 Å². The van der Waals surface area contributed by atoms with Crippen LogP contribution in [0.15, 0.2) is 6.07 Å². The first kappa shape index (κ1) is 15.9. The number of hydrogen-bond acceptors (Lipinski definition) is 5. The lowest BCUT2D eigenvalue weighted by molar-refractivity contribution is 0.559. The van der Waals surface area contributed by atoms with Crippen LogP contribution in [0.2, 0.25) is 0 Å². The third-order valence-electron chi connectivity index (χ3n) is 3.14. The molecule has 108 valence electrons. The molecular formula is C13H23N3O2S. The van der Waals surface area contributed by atoms with Gasteiger partial charge in [-0.25, -0.2) is 18.4 Å². The van der Waals surface area contributed by atoms with E-state index in [0.717, 1.165) is 11.4 Å². The van der Waals surface area contributed by atoms with Gasteiger partial charge in [0.1, 0.15) is 0 Å². The summed E-state index contributed by atoms with van der Waals surface area (Å²) in [5, 5.41) is 3.03. The highest BCUT2D eigenvalue weighted by Gasteiger charge is 2.30. The molecule has 0 saturated heterocycles. The molecule has 0 aliphatic heterocycles. The number of aromatic nitrogens is 2. The topological polar surface area (TPSA) is 72.0 Å². The van der Waals surface area contributed by atoms with E-state index in [-0.39, 0.29) is 6.54 Å². The zero-order valence-electron chi connectivity index (χ0n) is 12.5. The summed E-state index contributed by atoms with van der Waals surface area (Å²) in [6, 6.07) is 1.94. The maximum atomic E-state index is 11.6. The largest absolute Gasteiger partial charge is 0.353 e. The third-order valence-corrected chi connectivity index (χ3v) is 5.29. The van der Waals surface area contributed by atoms with Crippen molar-refractivity contribution in [1.29, 1.82) is 0 Å². The van der Waals surface area contributed by atoms with Gasteiger partial charge in [-0.1, -0.05) is 13.8 Å². The van der Waals surface area contributed by atoms with Crippen molar-refractivity contribution in [3.05, 3.63) is 17.5 Å². The van der Waals surface area contributed by atoms with Crippen molar-refractivity contribution in [2.75, 3.05) is 18.1 Å². The Hall–Kier alpha value is -1.17. The van der Waals surface area contributed by atoms with Gasteiger partial charge in [0, 0.05) is 24.2 Å². The first-order valence-corrected chi connectivity index (χ1v) is 8.21. The van der Waals surface area contributed by atoms with Crippen LogP contribution in [0.4, 0.5) is 5.95 Å². The quantitative estimate of drug-likeness (QED) is 0.897. The molecule has 1 aromatic heterocycles. The fourth-order valence-corrected chi connectivity index (χ4v) is 1.73. The predicted octanol–water partition coefficient (Wildman–Crippen LogP) is 2.14. The van der Waals surface area contributed by atoms with Gasteiger partial charge in [0.2, 0.25) is 5.95 Å². The summed E-state index contributed by atoms with van der Waals surface area (Å²) in [5.74, 6) is 0.797. The highest BCUT2D eigenvalue weighted by atomic mass is 32.2. The summed E-state index contributed by atoms with van der Waals surface area (Å²) in [6.07, 6.45) is 1.24. The van der Waals surface area contributed by atoms with E-state index in [9.17, 15) is 8.42 Å². The van der Waals surface area contributed by atoms with Crippen molar-refractivity contribution in [1.82, 2.24) is 9.97 Å². The molecule has 6 heteroatoms. The van der Waals surface area contributed by atoms with Crippen molar-refractivity contribution in [3.63, 3.8) is 0 Å². The molecule has 5 nitrogen and oxygen atoms in total. The Labute approximate surface area is 115 Å². The minimum atomic E-state index is -3.13. The smallest absolute Gasteiger partial charge is 0.223 e. The van der Waals surface area contributed by atoms with Crippen LogP contribution in [0.3, 0.4) is 0 Å². The van der Waals surface area contributed by atoms with Crippen LogP contribution in [0.25, 0.3) is 0 Å². The van der Waals surface area contributed by atoms with Gasteiger partial charge < -0.3 is 5.32 Å². The molecule has 0 aliphatic rings. The minimum Gasteiger partial charge on any atom is -0.353 e. The third kappa shape index (κ3) is 4.16. The zero-order valence-corrected chi connectivity index (χ0v) is 13.3. The van der Waals surface area contributed by atoms with Crippen LogP contribution in [0, 0.1) is 6.92 Å². The molecule has 0 unspecified atom stereocenters. The Bertz CT molecular complexity index is 551. The summed E-state index contributed by atoms with van der Waals surface area (Å²) >= 11 is 0. The molecule has 0 amide bonds. The van der Waals surface area contributed by atoms with Crippen molar-refractivity contribution in [2.24, 2.45) is 0 Å². The maximum absolute atomic E-state index is 11.6. The normalized spacial score (nSPS) is 12.8. The van der Waals surface area contributed by atoms with E-state index in [1.807, 2.05) is 13.0 Å². The Morgan fingerprint density at radius 3 is 2.37 bits per heavy atom. The average molecular weight is 285 g/mol. The lowest BCUT2D eigenvalue weighted by atomic mass is 10.1. The lowest BCUT2D eigenvalue weighted by Gasteiger charge is -2.23. The number of aryl methyl sites for hydroxylation is 1. The van der Waals surface area contributed by atoms with E-state index in [0.29, 0.717) is 11.9 Å². The van der Waals surface area contributed by atoms with Crippen LogP contribution in [-0.2, 0) is 9.84 Å². The zero-order chi connectivity index (χ0) is 14.8. The van der Waals surface area contributed by atoms with Crippen molar-refractivity contribution < 1.29 is 8.42 Å². The number of sulfone groups is 1. The number of nitrogens with zero attached hydrogens (tertiary/aromatic N) is 2. The Morgan fingerprint density at radius 2 is 1.89 bits per heavy atom. The Morgan fingerprint density at radius 1 is 1.32 bits per heavy atom. The summed E-state index contributed by atoms with van der Waals surface area (Å²) in [4.78, 5) is 8.69. The fourth-order valence-electron chi connectivity index (χ4n) is 1.39. The molecule has 0 aromatic carbocycles. The molecule has 0 radical (unpaired) electrons. The molecule has 0 spiro atoms. The van der Waals surface area contributed by atoms with E-state index in [1.165, 1.54) is 6.26 Å². The van der Waals surface area contributed by atoms with Crippen LogP contribution in [0.1, 0.15) is 45.0 Å². The highest BCUT2D eigenvalue weighted by molar-refractivity contribution is 7.92. The summed E-state index contributed by atoms with van der Waals surface area (Å²) < 4.78 is 22.4. The van der Waals surface area contributed by atoms with Gasteiger partial charge in [-0.3, -0.25) is 0 Å². The van der Waals surface area contributed by atoms with Gasteiger partial charge in [-0.15, -0.1) is 0 Å². The monoisotopic (exact) mass is 285 g/mol. The predicted molar refractivity (Wildman–Crippen MR) is 78.3 cm³/mol. The summed E-state index contributed by atoms with van der Waals surface area (Å²) in [7, 11) is -3.13. The fraction of sp³-hybridized carbons (Fsp3) is 0.692. The van der Waals surface area contributed by atoms with E-state index in [4.69, 9.17) is 0 Å². The SMILES string of the molecule is Cc1cc(C(C)C)nc(NCC(C)(C)S(C)(=O)=O)n1. The standard InChI is InChI=1S/C13H23N3O2S/c1-9(2)11-7-10(3)15-12(16-11)14-8-13(4,5)19(6,17)18/h7,9H,8H2,1-6H3,(H,14,15,16). The van der Waals surface area contributed by atoms with E-state index < -0.39 is 14.6 Å². The first-order chi connectivity index (χ1) is 8.53. The first-order valence-electron chi connectivity index (χ1n) is 6.32. The minimum absolute atomic E-state index is 0.285. The second-order valence-electron chi connectivity index (χ2n) is 5.80. The molecule has 1 heterocycles. The van der Waals surface area contributed by atoms with Crippen LogP contribution < -0.4 is 5.32 Å². The second-order valence-corrected chi connectivity index (χ2v) is 8.45. The Kier molecular flexibility index (Phi) is 4.55. The number of rotatable bonds is 5. The molecule has 1 rings (SSSR count). The lowest BCUT2D eigenvalue weighted by Crippen LogP contribution is -2.38. The molecule has 1 N–H and O–H groups in total. The van der Waals surface area contributed by atoms with Gasteiger partial charge in [0.25, 0.3) is 0 Å². The van der Waals surface area contributed by atoms with Gasteiger partial charge in [0.05, 0.1) is 4.75 Å². The van der Waals surface area contributed by atoms with Crippen LogP contribution in [-0.4, -0.2) is 35.9 Å². The number of anilines is 1. The number of hydrogen-bond donors (Lipinski definition) is 1. The molecular weight excluding hydrogens is 262 g/mol. The van der Waals surface area contributed by atoms with Crippen molar-refractivity contribution in [2.45, 2.75) is 45.3 Å². The van der Waals surface area contributed by atoms with Crippen molar-refractivity contribution in [3.8, 4) is 0 Å². The molecule has 0 aliphatic carbocycles. The number of nitrogens with one attached hydrogen (secondary N) is 1. The molecule has 0 atom stereocenters. The van der Waals surface area contributed by atoms with Gasteiger partial charge in [-0.05, 0) is 32.8 Å². The summed E-state index contributed by atoms with van der Waals surface area (Å²) in [5.41, 5.74) is 1.82. The molecule has 19 heavy (non-hydrogen) atoms. The van der Waals surface area contributed by atoms with Gasteiger partial charge >= 0.3 is 0 Å². The van der Waals surface area contributed by atoms with E-state index in [2.05, 4.69) is 29.1 Å². The molecule has 1 aromatic rings. The van der Waals surface area contributed by atoms with Crippen LogP contribution >= 0.6 is 0 Å². The second kappa shape index (κ2) is 5.45. The van der Waals surface area contributed by atoms with E-state index in [1.54, 1.807) is 13.8 Å². The average Bonchev–Trinajstić information content (AvgIpc) is 2.24. The van der Waals surface area contributed by atoms with E-state index >= 15 is 0 Å². The van der Waals surface area contributed by atoms with Gasteiger partial charge in [0.15, 0.2) is 9.84 Å². The highest BCUT2D eigenvalue weighted by Crippen LogP contribution is 2.17. The maximum Gasteiger partial charge on any atom is 0.223 e. The van der Waals surface area contributed by atoms with Crippen LogP contribution in [0.5, 0.6) is 0 Å². The van der Waals surface area contributed by atoms with Crippen molar-refractivity contribution >= 4 is 15.8 Å². The Balaban J connectivity index is 2.90. The summed E-state index contributed by atoms with van der Waals surface area (Å²) in [6.45, 7) is 9.69. The molecule has 0 saturated carbocycles.